The number of aromatic nitrogens is 4. The van der Waals surface area contributed by atoms with Gasteiger partial charge in [-0.1, -0.05) is 0 Å². The number of cyclic esters (lactones) is 1. The molecule has 0 radical (unpaired) electrons. The van der Waals surface area contributed by atoms with Crippen molar-refractivity contribution in [2.24, 2.45) is 0 Å². The van der Waals surface area contributed by atoms with E-state index in [1.807, 2.05) is 101 Å². The molecule has 5 aliphatic heterocycles. The number of aromatic amines is 1. The molecule has 19 nitrogen and oxygen atoms in total. The van der Waals surface area contributed by atoms with E-state index in [4.69, 9.17) is 4.74 Å². The van der Waals surface area contributed by atoms with Crippen LogP contribution < -0.4 is 21.6 Å². The van der Waals surface area contributed by atoms with E-state index in [0.29, 0.717) is 42.7 Å². The van der Waals surface area contributed by atoms with Gasteiger partial charge in [-0.3, -0.25) is 9.36 Å². The summed E-state index contributed by atoms with van der Waals surface area (Å²) in [6, 6.07) is 2.73. The molecule has 0 unspecified atom stereocenters. The molecule has 7 heterocycles. The molecule has 5 fully saturated rings. The van der Waals surface area contributed by atoms with Gasteiger partial charge in [-0.15, -0.1) is 0 Å². The quantitative estimate of drug-likeness (QED) is 0.241. The van der Waals surface area contributed by atoms with Crippen molar-refractivity contribution in [3.05, 3.63) is 41.6 Å². The molecule has 8 amide bonds. The summed E-state index contributed by atoms with van der Waals surface area (Å²) in [5.74, 6) is 0.324. The van der Waals surface area contributed by atoms with Crippen molar-refractivity contribution in [3.8, 4) is 0 Å². The van der Waals surface area contributed by atoms with E-state index in [-0.39, 0.29) is 42.0 Å². The van der Waals surface area contributed by atoms with Crippen molar-refractivity contribution in [1.29, 1.82) is 0 Å². The Hall–Kier alpha value is -5.23. The van der Waals surface area contributed by atoms with Crippen LogP contribution in [0.3, 0.4) is 0 Å². The minimum absolute atomic E-state index is 0.0370. The highest BCUT2D eigenvalue weighted by molar-refractivity contribution is 5.78. The zero-order valence-electron chi connectivity index (χ0n) is 42.3. The summed E-state index contributed by atoms with van der Waals surface area (Å²) in [6.45, 7) is 35.9. The number of carbonyl (C=O) groups is 5. The molecule has 65 heavy (non-hydrogen) atoms. The predicted octanol–water partition coefficient (Wildman–Crippen LogP) is 6.52. The third-order valence-electron chi connectivity index (χ3n) is 10.7. The second-order valence-electron chi connectivity index (χ2n) is 18.2. The zero-order valence-corrected chi connectivity index (χ0v) is 42.3. The molecule has 0 aromatic carbocycles. The summed E-state index contributed by atoms with van der Waals surface area (Å²) in [7, 11) is 0. The third kappa shape index (κ3) is 22.0. The topological polar surface area (TPSA) is 202 Å². The maximum atomic E-state index is 11.3. The molecule has 5 aliphatic rings. The van der Waals surface area contributed by atoms with Crippen LogP contribution >= 0.6 is 0 Å². The fraction of sp³-hybridized carbons (Fsp3) is 0.761. The van der Waals surface area contributed by atoms with Crippen LogP contribution in [0, 0.1) is 0 Å². The monoisotopic (exact) mass is 919 g/mol. The lowest BCUT2D eigenvalue weighted by molar-refractivity contribution is -0.129. The smallest absolute Gasteiger partial charge is 0.410 e. The molecular formula is C46H86N12O7. The molecule has 4 N–H and O–H groups in total. The van der Waals surface area contributed by atoms with Crippen LogP contribution in [-0.2, 0) is 9.53 Å². The van der Waals surface area contributed by atoms with E-state index < -0.39 is 0 Å². The van der Waals surface area contributed by atoms with Crippen LogP contribution in [0.15, 0.2) is 35.9 Å². The van der Waals surface area contributed by atoms with Gasteiger partial charge < -0.3 is 54.7 Å². The second kappa shape index (κ2) is 30.8. The number of imidazole rings is 2. The molecule has 19 heteroatoms. The van der Waals surface area contributed by atoms with Crippen LogP contribution in [0.2, 0.25) is 0 Å². The van der Waals surface area contributed by atoms with Crippen molar-refractivity contribution in [2.75, 3.05) is 59.0 Å². The Balaban J connectivity index is 0.000000380. The lowest BCUT2D eigenvalue weighted by atomic mass is 10.2. The van der Waals surface area contributed by atoms with Crippen LogP contribution in [0.25, 0.3) is 0 Å². The standard InChI is InChI=1S/C8H16N2O.C7H14N2O.C7H13NO.C6H12N2O.C6H10N2O.C6H10N2.C6H11NO2/c1-7(2)10-6-4-3-5-9-8(10)11;1-6(2)9-5-3-4-8-7(9)10;1-6(2)8-5-3-4-7(8)9;2*1-5(2)8-4-3-7-6(8)9;1-6(2)8-4-3-7-5-8;1-5(2)7-3-4-9-6(7)8/h7H,3-6H2,1-2H3,(H,9,11);6H,3-5H2,1-2H3,(H,8,10);6H,3-5H2,1-2H3;5H,3-4H2,1-2H3,(H,7,9);3-5H,1-2H3,(H,7,9);3-6H,1-2H3;5H,3-4H2,1-2H3. The maximum absolute atomic E-state index is 11.3. The molecule has 0 spiro atoms. The van der Waals surface area contributed by atoms with Gasteiger partial charge >= 0.3 is 29.9 Å². The largest absolute Gasteiger partial charge is 0.448 e. The number of urea groups is 3. The SMILES string of the molecule is CC(C)N1CCCC1=O.CC(C)N1CCCCNC1=O.CC(C)N1CCCNC1=O.CC(C)N1CCNC1=O.CC(C)N1CCOC1=O.CC(C)n1cc[nH]c1=O.CC(C)n1ccnc1. The first-order valence-corrected chi connectivity index (χ1v) is 23.7. The number of hydrogen-bond donors (Lipinski definition) is 4. The van der Waals surface area contributed by atoms with E-state index in [2.05, 4.69) is 58.2 Å². The first kappa shape index (κ1) is 57.8. The Labute approximate surface area is 389 Å². The van der Waals surface area contributed by atoms with E-state index in [1.165, 1.54) is 0 Å². The van der Waals surface area contributed by atoms with Gasteiger partial charge in [-0.2, -0.15) is 0 Å². The fourth-order valence-electron chi connectivity index (χ4n) is 6.82. The Bertz CT molecular complexity index is 1630. The second-order valence-corrected chi connectivity index (χ2v) is 18.2. The molecule has 5 saturated heterocycles. The Morgan fingerprint density at radius 1 is 0.508 bits per heavy atom. The summed E-state index contributed by atoms with van der Waals surface area (Å²) < 4.78 is 8.41. The number of H-pyrrole nitrogens is 1. The van der Waals surface area contributed by atoms with Gasteiger partial charge in [-0.05, 0) is 123 Å². The summed E-state index contributed by atoms with van der Waals surface area (Å²) in [5.41, 5.74) is -0.0370. The van der Waals surface area contributed by atoms with Gasteiger partial charge in [0.1, 0.15) is 6.61 Å². The van der Waals surface area contributed by atoms with Crippen molar-refractivity contribution >= 4 is 30.1 Å². The van der Waals surface area contributed by atoms with Crippen LogP contribution in [0.1, 0.15) is 141 Å². The predicted molar refractivity (Wildman–Crippen MR) is 257 cm³/mol. The molecule has 0 bridgehead atoms. The lowest BCUT2D eigenvalue weighted by Crippen LogP contribution is -2.49. The molecule has 2 aromatic heterocycles. The van der Waals surface area contributed by atoms with Gasteiger partial charge in [0, 0.05) is 119 Å². The van der Waals surface area contributed by atoms with Crippen LogP contribution in [0.4, 0.5) is 19.2 Å². The Morgan fingerprint density at radius 2 is 1.00 bits per heavy atom. The Kier molecular flexibility index (Phi) is 27.4. The molecule has 372 valence electrons. The van der Waals surface area contributed by atoms with E-state index in [1.54, 1.807) is 28.1 Å². The number of nitrogens with zero attached hydrogens (tertiary/aromatic N) is 8. The highest BCUT2D eigenvalue weighted by Gasteiger charge is 2.24. The Morgan fingerprint density at radius 3 is 1.29 bits per heavy atom. The first-order chi connectivity index (χ1) is 30.6. The van der Waals surface area contributed by atoms with Crippen molar-refractivity contribution in [2.45, 2.75) is 171 Å². The average Bonchev–Trinajstić information content (AvgIpc) is 4.10. The van der Waals surface area contributed by atoms with Gasteiger partial charge in [0.2, 0.25) is 5.91 Å². The minimum Gasteiger partial charge on any atom is -0.448 e. The third-order valence-corrected chi connectivity index (χ3v) is 10.7. The molecular weight excluding hydrogens is 833 g/mol. The highest BCUT2D eigenvalue weighted by atomic mass is 16.6. The number of amides is 8. The molecule has 0 saturated carbocycles. The highest BCUT2D eigenvalue weighted by Crippen LogP contribution is 2.12. The van der Waals surface area contributed by atoms with Gasteiger partial charge in [0.05, 0.1) is 12.9 Å². The summed E-state index contributed by atoms with van der Waals surface area (Å²) >= 11 is 0. The maximum Gasteiger partial charge on any atom is 0.410 e. The van der Waals surface area contributed by atoms with Gasteiger partial charge in [0.15, 0.2) is 0 Å². The molecule has 7 rings (SSSR count). The van der Waals surface area contributed by atoms with Crippen LogP contribution in [-0.4, -0.2) is 163 Å². The first-order valence-electron chi connectivity index (χ1n) is 23.7. The van der Waals surface area contributed by atoms with Crippen molar-refractivity contribution in [3.63, 3.8) is 0 Å². The average molecular weight is 919 g/mol. The lowest BCUT2D eigenvalue weighted by Gasteiger charge is -2.30. The minimum atomic E-state index is -0.176. The number of hydrogen-bond acceptors (Lipinski definition) is 8. The van der Waals surface area contributed by atoms with Gasteiger partial charge in [-0.25, -0.2) is 29.0 Å². The van der Waals surface area contributed by atoms with E-state index in [9.17, 15) is 28.8 Å². The number of rotatable bonds is 7. The van der Waals surface area contributed by atoms with E-state index in [0.717, 1.165) is 84.5 Å². The van der Waals surface area contributed by atoms with Gasteiger partial charge in [0.25, 0.3) is 0 Å². The van der Waals surface area contributed by atoms with Crippen molar-refractivity contribution in [1.82, 2.24) is 59.6 Å². The number of nitrogens with one attached hydrogen (secondary N) is 4. The summed E-state index contributed by atoms with van der Waals surface area (Å²) in [6.07, 6.45) is 13.9. The van der Waals surface area contributed by atoms with Crippen molar-refractivity contribution < 1.29 is 28.7 Å². The number of carbonyl (C=O) groups excluding carboxylic acids is 5. The summed E-state index contributed by atoms with van der Waals surface area (Å²) in [5, 5.41) is 8.40. The zero-order chi connectivity index (χ0) is 49.2. The van der Waals surface area contributed by atoms with Crippen LogP contribution in [0.5, 0.6) is 0 Å². The normalized spacial score (nSPS) is 17.1. The molecule has 0 atom stereocenters. The molecule has 2 aromatic rings. The summed E-state index contributed by atoms with van der Waals surface area (Å²) in [4.78, 5) is 81.2. The number of likely N-dealkylation sites (tertiary alicyclic amines) is 1. The number of ether oxygens (including phenoxy) is 1. The molecule has 0 aliphatic carbocycles. The fourth-order valence-corrected chi connectivity index (χ4v) is 6.82. The van der Waals surface area contributed by atoms with E-state index >= 15 is 0 Å².